The van der Waals surface area contributed by atoms with Gasteiger partial charge in [0.2, 0.25) is 0 Å². The molecule has 4 aromatic rings. The van der Waals surface area contributed by atoms with Gasteiger partial charge in [-0.1, -0.05) is 18.2 Å². The van der Waals surface area contributed by atoms with Crippen LogP contribution in [0, 0.1) is 10.1 Å². The van der Waals surface area contributed by atoms with Crippen molar-refractivity contribution in [3.63, 3.8) is 0 Å². The van der Waals surface area contributed by atoms with Gasteiger partial charge in [0.25, 0.3) is 5.69 Å². The zero-order chi connectivity index (χ0) is 14.6. The molecule has 102 valence electrons. The Balaban J connectivity index is 2.33. The molecule has 0 spiro atoms. The third-order valence-corrected chi connectivity index (χ3v) is 4.02. The van der Waals surface area contributed by atoms with Crippen molar-refractivity contribution in [2.75, 3.05) is 7.11 Å². The molecule has 0 heterocycles. The maximum atomic E-state index is 11.3. The summed E-state index contributed by atoms with van der Waals surface area (Å²) in [4.78, 5) is 10.9. The smallest absolute Gasteiger partial charge is 0.277 e. The minimum absolute atomic E-state index is 0.139. The summed E-state index contributed by atoms with van der Waals surface area (Å²) < 4.78 is 5.42. The van der Waals surface area contributed by atoms with Gasteiger partial charge in [0.05, 0.1) is 17.4 Å². The molecule has 4 nitrogen and oxygen atoms in total. The lowest BCUT2D eigenvalue weighted by Gasteiger charge is -2.13. The molecular formula is C17H11NO3. The number of nitro benzene ring substituents is 1. The van der Waals surface area contributed by atoms with E-state index < -0.39 is 0 Å². The SMILES string of the molecule is COc1ccc2ccc3ccc([N+](=O)[O-])c4ccc1c2c34. The molecule has 0 radical (unpaired) electrons. The molecule has 0 aliphatic rings. The molecule has 4 rings (SSSR count). The summed E-state index contributed by atoms with van der Waals surface area (Å²) >= 11 is 0. The van der Waals surface area contributed by atoms with E-state index in [0.717, 1.165) is 32.7 Å². The molecule has 0 unspecified atom stereocenters. The van der Waals surface area contributed by atoms with E-state index in [1.807, 2.05) is 36.4 Å². The lowest BCUT2D eigenvalue weighted by atomic mass is 9.93. The first-order chi connectivity index (χ1) is 10.2. The van der Waals surface area contributed by atoms with Crippen molar-refractivity contribution in [2.45, 2.75) is 0 Å². The number of nitrogens with zero attached hydrogens (tertiary/aromatic N) is 1. The van der Waals surface area contributed by atoms with E-state index >= 15 is 0 Å². The summed E-state index contributed by atoms with van der Waals surface area (Å²) in [7, 11) is 1.63. The van der Waals surface area contributed by atoms with E-state index in [2.05, 4.69) is 0 Å². The first kappa shape index (κ1) is 11.9. The number of non-ortho nitro benzene ring substituents is 1. The number of hydrogen-bond donors (Lipinski definition) is 0. The summed E-state index contributed by atoms with van der Waals surface area (Å²) in [5.41, 5.74) is 0.139. The lowest BCUT2D eigenvalue weighted by Crippen LogP contribution is -1.92. The van der Waals surface area contributed by atoms with Crippen molar-refractivity contribution in [1.29, 1.82) is 0 Å². The second-order valence-electron chi connectivity index (χ2n) is 5.03. The molecule has 0 fully saturated rings. The average Bonchev–Trinajstić information content (AvgIpc) is 2.51. The molecule has 4 aromatic carbocycles. The summed E-state index contributed by atoms with van der Waals surface area (Å²) in [6, 6.07) is 15.0. The third kappa shape index (κ3) is 1.50. The number of ether oxygens (including phenoxy) is 1. The Hall–Kier alpha value is -2.88. The van der Waals surface area contributed by atoms with Crippen LogP contribution in [0.3, 0.4) is 0 Å². The summed E-state index contributed by atoms with van der Waals surface area (Å²) in [5.74, 6) is 0.781. The van der Waals surface area contributed by atoms with Crippen LogP contribution in [0.4, 0.5) is 5.69 Å². The number of rotatable bonds is 2. The predicted molar refractivity (Wildman–Crippen MR) is 83.4 cm³/mol. The lowest BCUT2D eigenvalue weighted by molar-refractivity contribution is -0.383. The topological polar surface area (TPSA) is 52.4 Å². The van der Waals surface area contributed by atoms with E-state index in [1.165, 1.54) is 0 Å². The van der Waals surface area contributed by atoms with Crippen LogP contribution in [-0.4, -0.2) is 12.0 Å². The molecular weight excluding hydrogens is 266 g/mol. The molecule has 0 atom stereocenters. The second-order valence-corrected chi connectivity index (χ2v) is 5.03. The fourth-order valence-electron chi connectivity index (χ4n) is 3.10. The van der Waals surface area contributed by atoms with Gasteiger partial charge >= 0.3 is 0 Å². The highest BCUT2D eigenvalue weighted by atomic mass is 16.6. The second kappa shape index (κ2) is 4.06. The number of methoxy groups -OCH3 is 1. The first-order valence-electron chi connectivity index (χ1n) is 6.59. The van der Waals surface area contributed by atoms with E-state index in [4.69, 9.17) is 4.74 Å². The average molecular weight is 277 g/mol. The van der Waals surface area contributed by atoms with E-state index in [0.29, 0.717) is 5.39 Å². The van der Waals surface area contributed by atoms with Crippen LogP contribution in [-0.2, 0) is 0 Å². The van der Waals surface area contributed by atoms with E-state index in [9.17, 15) is 10.1 Å². The van der Waals surface area contributed by atoms with Crippen molar-refractivity contribution in [1.82, 2.24) is 0 Å². The van der Waals surface area contributed by atoms with E-state index in [1.54, 1.807) is 19.2 Å². The highest BCUT2D eigenvalue weighted by Gasteiger charge is 2.17. The fraction of sp³-hybridized carbons (Fsp3) is 0.0588. The van der Waals surface area contributed by atoms with Crippen LogP contribution in [0.15, 0.2) is 48.5 Å². The van der Waals surface area contributed by atoms with Crippen LogP contribution < -0.4 is 4.74 Å². The summed E-state index contributed by atoms with van der Waals surface area (Å²) in [6.45, 7) is 0. The molecule has 0 aromatic heterocycles. The van der Waals surface area contributed by atoms with Crippen molar-refractivity contribution in [3.8, 4) is 5.75 Å². The predicted octanol–water partition coefficient (Wildman–Crippen LogP) is 4.50. The first-order valence-corrected chi connectivity index (χ1v) is 6.59. The minimum atomic E-state index is -0.330. The Morgan fingerprint density at radius 2 is 1.43 bits per heavy atom. The highest BCUT2D eigenvalue weighted by molar-refractivity contribution is 6.25. The zero-order valence-electron chi connectivity index (χ0n) is 11.3. The van der Waals surface area contributed by atoms with Crippen LogP contribution in [0.1, 0.15) is 0 Å². The van der Waals surface area contributed by atoms with Crippen LogP contribution in [0.5, 0.6) is 5.75 Å². The molecule has 0 aliphatic carbocycles. The highest BCUT2D eigenvalue weighted by Crippen LogP contribution is 2.41. The molecule has 0 saturated heterocycles. The maximum Gasteiger partial charge on any atom is 0.277 e. The van der Waals surface area contributed by atoms with Crippen LogP contribution >= 0.6 is 0 Å². The molecule has 4 heteroatoms. The van der Waals surface area contributed by atoms with Crippen molar-refractivity contribution in [2.24, 2.45) is 0 Å². The molecule has 0 bridgehead atoms. The van der Waals surface area contributed by atoms with Gasteiger partial charge in [0.15, 0.2) is 0 Å². The Labute approximate surface area is 120 Å². The van der Waals surface area contributed by atoms with Gasteiger partial charge in [-0.05, 0) is 35.0 Å². The summed E-state index contributed by atoms with van der Waals surface area (Å²) in [5, 5.41) is 16.9. The van der Waals surface area contributed by atoms with Crippen LogP contribution in [0.25, 0.3) is 32.3 Å². The molecule has 0 saturated carbocycles. The quantitative estimate of drug-likeness (QED) is 0.308. The van der Waals surface area contributed by atoms with Gasteiger partial charge in [-0.25, -0.2) is 0 Å². The van der Waals surface area contributed by atoms with Crippen molar-refractivity contribution in [3.05, 3.63) is 58.6 Å². The minimum Gasteiger partial charge on any atom is -0.496 e. The van der Waals surface area contributed by atoms with Gasteiger partial charge in [-0.3, -0.25) is 10.1 Å². The standard InChI is InChI=1S/C17H11NO3/c1-21-15-9-5-11-3-2-10-4-8-14(18(19)20)12-6-7-13(15)17(11)16(10)12/h2-9H,1H3. The Morgan fingerprint density at radius 1 is 0.857 bits per heavy atom. The largest absolute Gasteiger partial charge is 0.496 e. The van der Waals surface area contributed by atoms with Gasteiger partial charge in [-0.2, -0.15) is 0 Å². The normalized spacial score (nSPS) is 11.5. The number of nitro groups is 1. The van der Waals surface area contributed by atoms with Crippen molar-refractivity contribution < 1.29 is 9.66 Å². The third-order valence-electron chi connectivity index (χ3n) is 4.02. The Kier molecular flexibility index (Phi) is 2.30. The van der Waals surface area contributed by atoms with Gasteiger partial charge in [-0.15, -0.1) is 0 Å². The van der Waals surface area contributed by atoms with Crippen LogP contribution in [0.2, 0.25) is 0 Å². The zero-order valence-corrected chi connectivity index (χ0v) is 11.3. The Bertz CT molecular complexity index is 1010. The maximum absolute atomic E-state index is 11.3. The van der Waals surface area contributed by atoms with E-state index in [-0.39, 0.29) is 10.6 Å². The molecule has 0 N–H and O–H groups in total. The molecule has 0 amide bonds. The Morgan fingerprint density at radius 3 is 2.10 bits per heavy atom. The summed E-state index contributed by atoms with van der Waals surface area (Å²) in [6.07, 6.45) is 0. The monoisotopic (exact) mass is 277 g/mol. The van der Waals surface area contributed by atoms with Crippen molar-refractivity contribution >= 4 is 38.0 Å². The number of benzene rings is 4. The van der Waals surface area contributed by atoms with Gasteiger partial charge in [0.1, 0.15) is 5.75 Å². The fourth-order valence-corrected chi connectivity index (χ4v) is 3.10. The van der Waals surface area contributed by atoms with Gasteiger partial charge in [0, 0.05) is 22.2 Å². The van der Waals surface area contributed by atoms with Gasteiger partial charge < -0.3 is 4.74 Å². The molecule has 21 heavy (non-hydrogen) atoms. The number of hydrogen-bond acceptors (Lipinski definition) is 3. The molecule has 0 aliphatic heterocycles.